The van der Waals surface area contributed by atoms with Crippen LogP contribution < -0.4 is 9.46 Å². The molecule has 0 saturated carbocycles. The Labute approximate surface area is 112 Å². The number of nitrogens with one attached hydrogen (secondary N) is 1. The first-order valence-electron chi connectivity index (χ1n) is 5.12. The standard InChI is InChI=1S/C10H10F3NO5S/c1-6(9(15)16)14-20(17,18)8-4-2-7(3-5-8)19-10(11,12)13/h2-6,14H,1H3,(H,15,16). The molecule has 0 aliphatic rings. The zero-order valence-corrected chi connectivity index (χ0v) is 10.8. The van der Waals surface area contributed by atoms with Gasteiger partial charge < -0.3 is 9.84 Å². The summed E-state index contributed by atoms with van der Waals surface area (Å²) in [6, 6.07) is 2.00. The zero-order valence-electron chi connectivity index (χ0n) is 10.0. The van der Waals surface area contributed by atoms with Gasteiger partial charge in [-0.2, -0.15) is 4.72 Å². The summed E-state index contributed by atoms with van der Waals surface area (Å²) >= 11 is 0. The smallest absolute Gasteiger partial charge is 0.480 e. The Kier molecular flexibility index (Phi) is 4.61. The molecule has 0 heterocycles. The predicted octanol–water partition coefficient (Wildman–Crippen LogP) is 1.34. The van der Waals surface area contributed by atoms with Crippen LogP contribution >= 0.6 is 0 Å². The molecule has 1 aromatic carbocycles. The predicted molar refractivity (Wildman–Crippen MR) is 60.5 cm³/mol. The lowest BCUT2D eigenvalue weighted by atomic mass is 10.3. The summed E-state index contributed by atoms with van der Waals surface area (Å²) in [5, 5.41) is 8.59. The van der Waals surface area contributed by atoms with E-state index in [1.807, 2.05) is 4.72 Å². The van der Waals surface area contributed by atoms with Gasteiger partial charge in [0.1, 0.15) is 11.8 Å². The van der Waals surface area contributed by atoms with Gasteiger partial charge in [0.05, 0.1) is 4.90 Å². The van der Waals surface area contributed by atoms with Gasteiger partial charge in [-0.25, -0.2) is 8.42 Å². The van der Waals surface area contributed by atoms with Gasteiger partial charge in [0.25, 0.3) is 0 Å². The van der Waals surface area contributed by atoms with Crippen LogP contribution in [0.25, 0.3) is 0 Å². The van der Waals surface area contributed by atoms with Crippen LogP contribution in [0.4, 0.5) is 13.2 Å². The highest BCUT2D eigenvalue weighted by atomic mass is 32.2. The number of benzene rings is 1. The Morgan fingerprint density at radius 2 is 1.80 bits per heavy atom. The van der Waals surface area contributed by atoms with Gasteiger partial charge >= 0.3 is 12.3 Å². The highest BCUT2D eigenvalue weighted by molar-refractivity contribution is 7.89. The number of alkyl halides is 3. The molecule has 2 N–H and O–H groups in total. The Bertz CT molecular complexity index is 582. The molecule has 1 unspecified atom stereocenters. The van der Waals surface area contributed by atoms with Crippen molar-refractivity contribution in [1.82, 2.24) is 4.72 Å². The van der Waals surface area contributed by atoms with Crippen LogP contribution in [0.3, 0.4) is 0 Å². The Hall–Kier alpha value is -1.81. The molecule has 0 saturated heterocycles. The van der Waals surface area contributed by atoms with Crippen molar-refractivity contribution in [2.45, 2.75) is 24.2 Å². The second kappa shape index (κ2) is 5.67. The number of hydrogen-bond acceptors (Lipinski definition) is 4. The van der Waals surface area contributed by atoms with E-state index in [4.69, 9.17) is 5.11 Å². The summed E-state index contributed by atoms with van der Waals surface area (Å²) in [7, 11) is -4.13. The van der Waals surface area contributed by atoms with Crippen molar-refractivity contribution in [3.63, 3.8) is 0 Å². The maximum absolute atomic E-state index is 11.9. The number of halogens is 3. The molecule has 10 heteroatoms. The SMILES string of the molecule is CC(NS(=O)(=O)c1ccc(OC(F)(F)F)cc1)C(=O)O. The van der Waals surface area contributed by atoms with Crippen molar-refractivity contribution >= 4 is 16.0 Å². The van der Waals surface area contributed by atoms with Gasteiger partial charge in [0, 0.05) is 0 Å². The molecule has 1 aromatic rings. The second-order valence-electron chi connectivity index (χ2n) is 3.70. The third-order valence-corrected chi connectivity index (χ3v) is 3.63. The number of carbonyl (C=O) groups is 1. The van der Waals surface area contributed by atoms with Gasteiger partial charge in [0.15, 0.2) is 0 Å². The van der Waals surface area contributed by atoms with E-state index in [1.54, 1.807) is 0 Å². The van der Waals surface area contributed by atoms with E-state index in [1.165, 1.54) is 0 Å². The number of carboxylic acids is 1. The van der Waals surface area contributed by atoms with E-state index in [0.717, 1.165) is 31.2 Å². The first kappa shape index (κ1) is 16.2. The number of sulfonamides is 1. The summed E-state index contributed by atoms with van der Waals surface area (Å²) in [5.41, 5.74) is 0. The van der Waals surface area contributed by atoms with Gasteiger partial charge in [-0.1, -0.05) is 0 Å². The third-order valence-electron chi connectivity index (χ3n) is 2.07. The minimum Gasteiger partial charge on any atom is -0.480 e. The van der Waals surface area contributed by atoms with Crippen molar-refractivity contribution < 1.29 is 36.2 Å². The number of aliphatic carboxylic acids is 1. The fraction of sp³-hybridized carbons (Fsp3) is 0.300. The average Bonchev–Trinajstić information content (AvgIpc) is 2.26. The summed E-state index contributed by atoms with van der Waals surface area (Å²) < 4.78 is 64.6. The fourth-order valence-electron chi connectivity index (χ4n) is 1.17. The lowest BCUT2D eigenvalue weighted by Gasteiger charge is -2.11. The molecular formula is C10H10F3NO5S. The lowest BCUT2D eigenvalue weighted by Crippen LogP contribution is -2.38. The number of rotatable bonds is 5. The van der Waals surface area contributed by atoms with Crippen LogP contribution in [0.5, 0.6) is 5.75 Å². The minimum atomic E-state index is -4.88. The molecule has 1 rings (SSSR count). The highest BCUT2D eigenvalue weighted by Crippen LogP contribution is 2.23. The number of hydrogen-bond donors (Lipinski definition) is 2. The van der Waals surface area contributed by atoms with Crippen LogP contribution in [0, 0.1) is 0 Å². The van der Waals surface area contributed by atoms with Crippen molar-refractivity contribution in [2.75, 3.05) is 0 Å². The quantitative estimate of drug-likeness (QED) is 0.855. The molecule has 0 aliphatic carbocycles. The van der Waals surface area contributed by atoms with Crippen molar-refractivity contribution in [2.24, 2.45) is 0 Å². The summed E-state index contributed by atoms with van der Waals surface area (Å²) in [5.74, 6) is -1.96. The Morgan fingerprint density at radius 3 is 2.20 bits per heavy atom. The molecule has 0 aliphatic heterocycles. The molecule has 20 heavy (non-hydrogen) atoms. The molecule has 0 fully saturated rings. The number of carboxylic acid groups (broad SMARTS) is 1. The molecule has 112 valence electrons. The van der Waals surface area contributed by atoms with Crippen molar-refractivity contribution in [1.29, 1.82) is 0 Å². The van der Waals surface area contributed by atoms with E-state index in [9.17, 15) is 26.4 Å². The first-order chi connectivity index (χ1) is 9.01. The molecule has 0 bridgehead atoms. The van der Waals surface area contributed by atoms with E-state index < -0.39 is 34.1 Å². The average molecular weight is 313 g/mol. The Balaban J connectivity index is 2.90. The van der Waals surface area contributed by atoms with E-state index in [2.05, 4.69) is 4.74 Å². The minimum absolute atomic E-state index is 0.375. The largest absolute Gasteiger partial charge is 0.573 e. The van der Waals surface area contributed by atoms with Gasteiger partial charge in [0.2, 0.25) is 10.0 Å². The molecular weight excluding hydrogens is 303 g/mol. The normalized spacial score (nSPS) is 13.8. The van der Waals surface area contributed by atoms with Crippen molar-refractivity contribution in [3.05, 3.63) is 24.3 Å². The van der Waals surface area contributed by atoms with Crippen LogP contribution in [0.1, 0.15) is 6.92 Å². The van der Waals surface area contributed by atoms with Gasteiger partial charge in [-0.05, 0) is 31.2 Å². The maximum Gasteiger partial charge on any atom is 0.573 e. The van der Waals surface area contributed by atoms with E-state index in [0.29, 0.717) is 0 Å². The molecule has 1 atom stereocenters. The lowest BCUT2D eigenvalue weighted by molar-refractivity contribution is -0.274. The molecule has 0 spiro atoms. The van der Waals surface area contributed by atoms with Crippen LogP contribution in [0.2, 0.25) is 0 Å². The van der Waals surface area contributed by atoms with Gasteiger partial charge in [-0.15, -0.1) is 13.2 Å². The second-order valence-corrected chi connectivity index (χ2v) is 5.41. The Morgan fingerprint density at radius 1 is 1.30 bits per heavy atom. The highest BCUT2D eigenvalue weighted by Gasteiger charge is 2.31. The number of ether oxygens (including phenoxy) is 1. The van der Waals surface area contributed by atoms with E-state index in [-0.39, 0.29) is 4.90 Å². The first-order valence-corrected chi connectivity index (χ1v) is 6.60. The van der Waals surface area contributed by atoms with Crippen LogP contribution in [-0.4, -0.2) is 31.9 Å². The molecule has 6 nitrogen and oxygen atoms in total. The monoisotopic (exact) mass is 313 g/mol. The topological polar surface area (TPSA) is 92.7 Å². The molecule has 0 aromatic heterocycles. The summed E-state index contributed by atoms with van der Waals surface area (Å²) in [4.78, 5) is 10.2. The fourth-order valence-corrected chi connectivity index (χ4v) is 2.37. The molecule has 0 amide bonds. The summed E-state index contributed by atoms with van der Waals surface area (Å²) in [6.45, 7) is 1.11. The maximum atomic E-state index is 11.9. The third kappa shape index (κ3) is 4.70. The van der Waals surface area contributed by atoms with Gasteiger partial charge in [-0.3, -0.25) is 4.79 Å². The molecule has 0 radical (unpaired) electrons. The van der Waals surface area contributed by atoms with Crippen LogP contribution in [-0.2, 0) is 14.8 Å². The summed E-state index contributed by atoms with van der Waals surface area (Å²) in [6.07, 6.45) is -4.88. The van der Waals surface area contributed by atoms with Crippen LogP contribution in [0.15, 0.2) is 29.2 Å². The zero-order chi connectivity index (χ0) is 15.6. The van der Waals surface area contributed by atoms with E-state index >= 15 is 0 Å². The van der Waals surface area contributed by atoms with Crippen molar-refractivity contribution in [3.8, 4) is 5.75 Å².